The van der Waals surface area contributed by atoms with Crippen molar-refractivity contribution in [3.8, 4) is 44.5 Å². The normalized spacial score (nSPS) is 11.2. The lowest BCUT2D eigenvalue weighted by molar-refractivity contribution is 1.30. The summed E-state index contributed by atoms with van der Waals surface area (Å²) in [5.41, 5.74) is 16.2. The van der Waals surface area contributed by atoms with Crippen LogP contribution in [0.1, 0.15) is 0 Å². The van der Waals surface area contributed by atoms with E-state index in [0.717, 1.165) is 34.1 Å². The highest BCUT2D eigenvalue weighted by Gasteiger charge is 2.19. The van der Waals surface area contributed by atoms with Gasteiger partial charge in [0.1, 0.15) is 0 Å². The first kappa shape index (κ1) is 40.5. The van der Waals surface area contributed by atoms with Crippen LogP contribution in [0.5, 0.6) is 0 Å². The van der Waals surface area contributed by atoms with Gasteiger partial charge < -0.3 is 9.80 Å². The topological polar surface area (TPSA) is 6.48 Å². The summed E-state index contributed by atoms with van der Waals surface area (Å²) in [6.07, 6.45) is 0. The Bertz CT molecular complexity index is 3470. The van der Waals surface area contributed by atoms with E-state index in [2.05, 4.69) is 289 Å². The van der Waals surface area contributed by atoms with E-state index in [1.165, 1.54) is 76.8 Å². The third kappa shape index (κ3) is 7.64. The number of anilines is 6. The highest BCUT2D eigenvalue weighted by atomic mass is 15.1. The van der Waals surface area contributed by atoms with E-state index in [1.54, 1.807) is 0 Å². The first-order valence-corrected chi connectivity index (χ1v) is 23.3. The van der Waals surface area contributed by atoms with Gasteiger partial charge in [0.15, 0.2) is 0 Å². The fraction of sp³-hybridized carbons (Fsp3) is 0. The first-order valence-electron chi connectivity index (χ1n) is 23.3. The lowest BCUT2D eigenvalue weighted by Crippen LogP contribution is -2.10. The van der Waals surface area contributed by atoms with Crippen LogP contribution in [0.3, 0.4) is 0 Å². The largest absolute Gasteiger partial charge is 0.310 e. The molecule has 0 aliphatic rings. The molecule has 0 saturated carbocycles. The van der Waals surface area contributed by atoms with Crippen molar-refractivity contribution in [1.29, 1.82) is 0 Å². The van der Waals surface area contributed by atoms with E-state index < -0.39 is 0 Å². The molecular weight excluding hydrogens is 821 g/mol. The van der Waals surface area contributed by atoms with Crippen LogP contribution in [0, 0.1) is 0 Å². The van der Waals surface area contributed by atoms with Gasteiger partial charge >= 0.3 is 0 Å². The van der Waals surface area contributed by atoms with Gasteiger partial charge in [-0.2, -0.15) is 0 Å². The number of nitrogens with zero attached hydrogens (tertiary/aromatic N) is 2. The molecule has 0 atom stereocenters. The summed E-state index contributed by atoms with van der Waals surface area (Å²) >= 11 is 0. The van der Waals surface area contributed by atoms with Crippen LogP contribution in [0.25, 0.3) is 76.8 Å². The van der Waals surface area contributed by atoms with Crippen molar-refractivity contribution in [2.24, 2.45) is 0 Å². The average molecular weight is 867 g/mol. The van der Waals surface area contributed by atoms with Crippen molar-refractivity contribution in [3.05, 3.63) is 279 Å². The molecule has 68 heavy (non-hydrogen) atoms. The molecule has 0 bridgehead atoms. The molecule has 0 radical (unpaired) electrons. The van der Waals surface area contributed by atoms with Gasteiger partial charge in [0.2, 0.25) is 0 Å². The molecule has 0 unspecified atom stereocenters. The molecule has 0 aliphatic carbocycles. The lowest BCUT2D eigenvalue weighted by atomic mass is 9.91. The lowest BCUT2D eigenvalue weighted by Gasteiger charge is -2.28. The van der Waals surface area contributed by atoms with Crippen LogP contribution in [0.2, 0.25) is 0 Å². The minimum atomic E-state index is 1.09. The highest BCUT2D eigenvalue weighted by Crippen LogP contribution is 2.44. The Morgan fingerprint density at radius 3 is 1.01 bits per heavy atom. The van der Waals surface area contributed by atoms with Gasteiger partial charge in [-0.25, -0.2) is 0 Å². The van der Waals surface area contributed by atoms with E-state index >= 15 is 0 Å². The maximum Gasteiger partial charge on any atom is 0.0540 e. The first-order chi connectivity index (χ1) is 33.7. The third-order valence-electron chi connectivity index (χ3n) is 13.2. The molecule has 0 aromatic heterocycles. The van der Waals surface area contributed by atoms with E-state index in [4.69, 9.17) is 0 Å². The summed E-state index contributed by atoms with van der Waals surface area (Å²) in [4.78, 5) is 4.79. The highest BCUT2D eigenvalue weighted by molar-refractivity contribution is 6.07. The molecule has 0 saturated heterocycles. The molecule has 2 heteroatoms. The second kappa shape index (κ2) is 17.8. The van der Waals surface area contributed by atoms with Crippen LogP contribution < -0.4 is 9.80 Å². The molecular formula is C66H46N2. The van der Waals surface area contributed by atoms with Gasteiger partial charge in [0.25, 0.3) is 0 Å². The third-order valence-corrected chi connectivity index (χ3v) is 13.2. The standard InChI is InChI=1S/C66H46N2/c1-3-17-47(18-4-1)54-27-11-29-58(45-54)67(64-35-15-23-49-21-7-9-31-60(49)64)56-41-37-51(38-42-56)62-33-13-25-53-26-14-34-63(66(53)62)52-39-43-57(44-40-52)68(65-36-16-24-50-22-8-10-32-61(50)65)59-30-12-28-55(46-59)48-19-5-2-6-20-48/h1-46H. The van der Waals surface area contributed by atoms with Gasteiger partial charge in [-0.1, -0.05) is 218 Å². The zero-order valence-electron chi connectivity index (χ0n) is 37.5. The maximum absolute atomic E-state index is 2.40. The van der Waals surface area contributed by atoms with Gasteiger partial charge in [-0.05, 0) is 127 Å². The molecule has 0 spiro atoms. The molecule has 12 aromatic rings. The van der Waals surface area contributed by atoms with Crippen LogP contribution >= 0.6 is 0 Å². The predicted molar refractivity (Wildman–Crippen MR) is 290 cm³/mol. The van der Waals surface area contributed by atoms with Crippen LogP contribution in [0.4, 0.5) is 34.1 Å². The monoisotopic (exact) mass is 866 g/mol. The van der Waals surface area contributed by atoms with E-state index in [1.807, 2.05) is 0 Å². The van der Waals surface area contributed by atoms with Crippen LogP contribution in [0.15, 0.2) is 279 Å². The van der Waals surface area contributed by atoms with Crippen molar-refractivity contribution in [2.75, 3.05) is 9.80 Å². The number of rotatable bonds is 10. The fourth-order valence-corrected chi connectivity index (χ4v) is 9.97. The zero-order valence-corrected chi connectivity index (χ0v) is 37.5. The molecule has 0 amide bonds. The average Bonchev–Trinajstić information content (AvgIpc) is 3.42. The molecule has 2 nitrogen and oxygen atoms in total. The molecule has 0 aliphatic heterocycles. The smallest absolute Gasteiger partial charge is 0.0540 e. The predicted octanol–water partition coefficient (Wildman–Crippen LogP) is 18.8. The molecule has 320 valence electrons. The van der Waals surface area contributed by atoms with E-state index in [9.17, 15) is 0 Å². The Morgan fingerprint density at radius 1 is 0.206 bits per heavy atom. The van der Waals surface area contributed by atoms with E-state index in [0.29, 0.717) is 0 Å². The Hall–Kier alpha value is -8.98. The summed E-state index contributed by atoms with van der Waals surface area (Å²) in [5.74, 6) is 0. The zero-order chi connectivity index (χ0) is 45.2. The molecule has 0 heterocycles. The summed E-state index contributed by atoms with van der Waals surface area (Å²) in [6.45, 7) is 0. The molecule has 0 N–H and O–H groups in total. The maximum atomic E-state index is 2.40. The van der Waals surface area contributed by atoms with Gasteiger partial charge in [0.05, 0.1) is 11.4 Å². The molecule has 0 fully saturated rings. The number of hydrogen-bond donors (Lipinski definition) is 0. The van der Waals surface area contributed by atoms with Crippen molar-refractivity contribution in [1.82, 2.24) is 0 Å². The Morgan fingerprint density at radius 2 is 0.559 bits per heavy atom. The van der Waals surface area contributed by atoms with Crippen molar-refractivity contribution in [2.45, 2.75) is 0 Å². The fourth-order valence-electron chi connectivity index (χ4n) is 9.97. The van der Waals surface area contributed by atoms with Crippen LogP contribution in [-0.2, 0) is 0 Å². The Kier molecular flexibility index (Phi) is 10.6. The second-order valence-corrected chi connectivity index (χ2v) is 17.3. The van der Waals surface area contributed by atoms with Gasteiger partial charge in [-0.3, -0.25) is 0 Å². The number of hydrogen-bond acceptors (Lipinski definition) is 2. The molecule has 12 aromatic carbocycles. The van der Waals surface area contributed by atoms with Gasteiger partial charge in [-0.15, -0.1) is 0 Å². The quantitative estimate of drug-likeness (QED) is 0.135. The van der Waals surface area contributed by atoms with Crippen molar-refractivity contribution in [3.63, 3.8) is 0 Å². The minimum Gasteiger partial charge on any atom is -0.310 e. The summed E-state index contributed by atoms with van der Waals surface area (Å²) in [6, 6.07) is 101. The van der Waals surface area contributed by atoms with Crippen LogP contribution in [-0.4, -0.2) is 0 Å². The molecule has 12 rings (SSSR count). The SMILES string of the molecule is c1ccc(-c2cccc(N(c3ccc(-c4cccc5cccc(-c6ccc(N(c7cccc(-c8ccccc8)c7)c7cccc8ccccc78)cc6)c45)cc3)c3cccc4ccccc34)c2)cc1. The summed E-state index contributed by atoms with van der Waals surface area (Å²) < 4.78 is 0. The Labute approximate surface area is 397 Å². The van der Waals surface area contributed by atoms with Crippen molar-refractivity contribution >= 4 is 66.4 Å². The number of benzene rings is 12. The number of fused-ring (bicyclic) bond motifs is 3. The summed E-state index contributed by atoms with van der Waals surface area (Å²) in [5, 5.41) is 7.27. The second-order valence-electron chi connectivity index (χ2n) is 17.3. The van der Waals surface area contributed by atoms with Gasteiger partial charge in [0, 0.05) is 33.5 Å². The summed E-state index contributed by atoms with van der Waals surface area (Å²) in [7, 11) is 0. The Balaban J connectivity index is 0.942. The minimum absolute atomic E-state index is 1.09. The van der Waals surface area contributed by atoms with Crippen molar-refractivity contribution < 1.29 is 0 Å². The van der Waals surface area contributed by atoms with E-state index in [-0.39, 0.29) is 0 Å².